The fraction of sp³-hybridized carbons (Fsp3) is 0.214. The van der Waals surface area contributed by atoms with Crippen LogP contribution in [0, 0.1) is 0 Å². The third-order valence-electron chi connectivity index (χ3n) is 3.98. The number of nitrogens with one attached hydrogen (secondary N) is 1. The number of carbonyl (C=O) groups is 1. The fourth-order valence-electron chi connectivity index (χ4n) is 3.14. The molecule has 0 radical (unpaired) electrons. The zero-order chi connectivity index (χ0) is 13.7. The maximum Gasteiger partial charge on any atom is 0.258 e. The highest BCUT2D eigenvalue weighted by Crippen LogP contribution is 2.43. The highest BCUT2D eigenvalue weighted by atomic mass is 35.5. The van der Waals surface area contributed by atoms with Crippen LogP contribution >= 0.6 is 11.6 Å². The van der Waals surface area contributed by atoms with Gasteiger partial charge in [-0.25, -0.2) is 0 Å². The molecule has 1 saturated heterocycles. The zero-order valence-electron chi connectivity index (χ0n) is 10.5. The van der Waals surface area contributed by atoms with E-state index in [2.05, 4.69) is 15.5 Å². The van der Waals surface area contributed by atoms with E-state index in [1.54, 1.807) is 6.20 Å². The number of amides is 1. The van der Waals surface area contributed by atoms with Crippen molar-refractivity contribution in [1.29, 1.82) is 0 Å². The molecule has 1 fully saturated rings. The molecule has 2 aliphatic heterocycles. The van der Waals surface area contributed by atoms with Gasteiger partial charge in [-0.3, -0.25) is 10.1 Å². The molecule has 1 N–H and O–H groups in total. The van der Waals surface area contributed by atoms with Gasteiger partial charge in [0.1, 0.15) is 5.66 Å². The van der Waals surface area contributed by atoms with Gasteiger partial charge in [0, 0.05) is 23.7 Å². The molecule has 5 nitrogen and oxygen atoms in total. The smallest absolute Gasteiger partial charge is 0.258 e. The van der Waals surface area contributed by atoms with E-state index in [-0.39, 0.29) is 5.91 Å². The number of nitrogens with zero attached hydrogens (tertiary/aromatic N) is 3. The number of hydrogen-bond donors (Lipinski definition) is 1. The number of rotatable bonds is 1. The van der Waals surface area contributed by atoms with Crippen LogP contribution in [0.4, 0.5) is 0 Å². The molecule has 0 saturated carbocycles. The van der Waals surface area contributed by atoms with E-state index < -0.39 is 5.66 Å². The molecule has 0 unspecified atom stereocenters. The molecule has 6 heteroatoms. The predicted octanol–water partition coefficient (Wildman–Crippen LogP) is 1.39. The molecule has 1 aromatic carbocycles. The lowest BCUT2D eigenvalue weighted by molar-refractivity contribution is 0.0694. The summed E-state index contributed by atoms with van der Waals surface area (Å²) in [6, 6.07) is 7.55. The summed E-state index contributed by atoms with van der Waals surface area (Å²) in [5.74, 6) is -0.00477. The summed E-state index contributed by atoms with van der Waals surface area (Å²) < 4.78 is 0. The second kappa shape index (κ2) is 4.01. The van der Waals surface area contributed by atoms with Crippen LogP contribution in [-0.2, 0) is 5.66 Å². The van der Waals surface area contributed by atoms with Gasteiger partial charge < -0.3 is 4.90 Å². The topological polar surface area (TPSA) is 58.1 Å². The van der Waals surface area contributed by atoms with Gasteiger partial charge in [-0.1, -0.05) is 23.7 Å². The normalized spacial score (nSPS) is 23.9. The fourth-order valence-corrected chi connectivity index (χ4v) is 3.26. The maximum atomic E-state index is 12.5. The highest BCUT2D eigenvalue weighted by molar-refractivity contribution is 6.30. The largest absolute Gasteiger partial charge is 0.311 e. The number of carbonyl (C=O) groups excluding carboxylic acids is 1. The Balaban J connectivity index is 1.99. The summed E-state index contributed by atoms with van der Waals surface area (Å²) >= 11 is 5.96. The number of hydrogen-bond acceptors (Lipinski definition) is 4. The van der Waals surface area contributed by atoms with Crippen molar-refractivity contribution in [2.45, 2.75) is 5.66 Å². The minimum atomic E-state index is -0.632. The Morgan fingerprint density at radius 1 is 1.20 bits per heavy atom. The van der Waals surface area contributed by atoms with Crippen molar-refractivity contribution in [1.82, 2.24) is 20.4 Å². The first-order chi connectivity index (χ1) is 9.73. The minimum absolute atomic E-state index is 0.00477. The highest BCUT2D eigenvalue weighted by Gasteiger charge is 2.53. The second-order valence-corrected chi connectivity index (χ2v) is 5.35. The van der Waals surface area contributed by atoms with Gasteiger partial charge in [0.05, 0.1) is 18.0 Å². The van der Waals surface area contributed by atoms with Crippen LogP contribution in [0.25, 0.3) is 0 Å². The molecule has 0 spiro atoms. The average Bonchev–Trinajstić information content (AvgIpc) is 3.01. The number of fused-ring (bicyclic) bond motifs is 3. The molecule has 4 rings (SSSR count). The average molecular weight is 287 g/mol. The van der Waals surface area contributed by atoms with Crippen LogP contribution < -0.4 is 5.32 Å². The number of aromatic nitrogens is 2. The van der Waals surface area contributed by atoms with Crippen molar-refractivity contribution >= 4 is 17.5 Å². The Hall–Kier alpha value is -1.98. The molecule has 0 bridgehead atoms. The monoisotopic (exact) mass is 286 g/mol. The first kappa shape index (κ1) is 11.8. The van der Waals surface area contributed by atoms with Gasteiger partial charge in [-0.05, 0) is 17.7 Å². The first-order valence-corrected chi connectivity index (χ1v) is 6.75. The van der Waals surface area contributed by atoms with E-state index in [1.165, 1.54) is 6.20 Å². The van der Waals surface area contributed by atoms with Crippen LogP contribution in [0.3, 0.4) is 0 Å². The third kappa shape index (κ3) is 1.34. The second-order valence-electron chi connectivity index (χ2n) is 4.92. The van der Waals surface area contributed by atoms with Gasteiger partial charge in [0.25, 0.3) is 5.91 Å². The van der Waals surface area contributed by atoms with E-state index >= 15 is 0 Å². The standard InChI is InChI=1S/C14H11ClN4O/c15-10-3-1-9(2-4-10)14-12-8-18-17-7-11(12)13(20)19(14)6-5-16-14/h1-4,7-8,16H,5-6H2/t14-/m0/s1. The number of halogens is 1. The van der Waals surface area contributed by atoms with Crippen molar-refractivity contribution in [2.75, 3.05) is 13.1 Å². The van der Waals surface area contributed by atoms with Gasteiger partial charge >= 0.3 is 0 Å². The van der Waals surface area contributed by atoms with Crippen molar-refractivity contribution in [3.63, 3.8) is 0 Å². The molecule has 1 amide bonds. The Bertz CT molecular complexity index is 703. The predicted molar refractivity (Wildman–Crippen MR) is 73.3 cm³/mol. The molecular weight excluding hydrogens is 276 g/mol. The van der Waals surface area contributed by atoms with E-state index in [0.29, 0.717) is 17.1 Å². The van der Waals surface area contributed by atoms with E-state index in [4.69, 9.17) is 11.6 Å². The molecular formula is C14H11ClN4O. The molecule has 100 valence electrons. The molecule has 1 atom stereocenters. The van der Waals surface area contributed by atoms with Crippen LogP contribution in [0.15, 0.2) is 36.7 Å². The quantitative estimate of drug-likeness (QED) is 0.861. The minimum Gasteiger partial charge on any atom is -0.311 e. The maximum absolute atomic E-state index is 12.5. The summed E-state index contributed by atoms with van der Waals surface area (Å²) in [6.45, 7) is 1.41. The van der Waals surface area contributed by atoms with Crippen molar-refractivity contribution in [3.8, 4) is 0 Å². The summed E-state index contributed by atoms with van der Waals surface area (Å²) in [7, 11) is 0. The van der Waals surface area contributed by atoms with Crippen molar-refractivity contribution in [3.05, 3.63) is 58.4 Å². The van der Waals surface area contributed by atoms with E-state index in [1.807, 2.05) is 29.2 Å². The van der Waals surface area contributed by atoms with Gasteiger partial charge in [-0.15, -0.1) is 0 Å². The van der Waals surface area contributed by atoms with Crippen LogP contribution in [-0.4, -0.2) is 34.1 Å². The van der Waals surface area contributed by atoms with Crippen LogP contribution in [0.5, 0.6) is 0 Å². The Morgan fingerprint density at radius 3 is 2.75 bits per heavy atom. The third-order valence-corrected chi connectivity index (χ3v) is 4.23. The Morgan fingerprint density at radius 2 is 1.95 bits per heavy atom. The Kier molecular flexibility index (Phi) is 2.37. The van der Waals surface area contributed by atoms with E-state index in [9.17, 15) is 4.79 Å². The Labute approximate surface area is 120 Å². The summed E-state index contributed by atoms with van der Waals surface area (Å²) in [6.07, 6.45) is 3.20. The van der Waals surface area contributed by atoms with Gasteiger partial charge in [0.2, 0.25) is 0 Å². The number of benzene rings is 1. The lowest BCUT2D eigenvalue weighted by Gasteiger charge is -2.33. The lowest BCUT2D eigenvalue weighted by atomic mass is 9.93. The molecule has 3 heterocycles. The molecule has 20 heavy (non-hydrogen) atoms. The van der Waals surface area contributed by atoms with Gasteiger partial charge in [0.15, 0.2) is 0 Å². The SMILES string of the molecule is O=C1c2cnncc2[C@@]2(c3ccc(Cl)cc3)NCCN12. The van der Waals surface area contributed by atoms with Gasteiger partial charge in [-0.2, -0.15) is 10.2 Å². The molecule has 1 aromatic heterocycles. The molecule has 2 aromatic rings. The molecule has 2 aliphatic rings. The lowest BCUT2D eigenvalue weighted by Crippen LogP contribution is -2.46. The summed E-state index contributed by atoms with van der Waals surface area (Å²) in [5.41, 5.74) is 1.83. The summed E-state index contributed by atoms with van der Waals surface area (Å²) in [5, 5.41) is 11.9. The van der Waals surface area contributed by atoms with E-state index in [0.717, 1.165) is 17.7 Å². The first-order valence-electron chi connectivity index (χ1n) is 6.38. The van der Waals surface area contributed by atoms with Crippen LogP contribution in [0.2, 0.25) is 5.02 Å². The molecule has 0 aliphatic carbocycles. The van der Waals surface area contributed by atoms with Crippen molar-refractivity contribution < 1.29 is 4.79 Å². The summed E-state index contributed by atoms with van der Waals surface area (Å²) in [4.78, 5) is 14.4. The van der Waals surface area contributed by atoms with Crippen molar-refractivity contribution in [2.24, 2.45) is 0 Å². The zero-order valence-corrected chi connectivity index (χ0v) is 11.3. The van der Waals surface area contributed by atoms with Crippen LogP contribution in [0.1, 0.15) is 21.5 Å².